The summed E-state index contributed by atoms with van der Waals surface area (Å²) in [4.78, 5) is 1.42. The normalized spacial score (nSPS) is 6.00. The molecule has 0 aromatic heterocycles. The third kappa shape index (κ3) is 54.3. The average molecular weight is 382 g/mol. The van der Waals surface area contributed by atoms with E-state index < -0.39 is 0 Å². The second-order valence-corrected chi connectivity index (χ2v) is 1.50. The van der Waals surface area contributed by atoms with Crippen molar-refractivity contribution in [1.82, 2.24) is 0 Å². The molecule has 0 spiro atoms. The molecule has 0 radical (unpaired) electrons. The van der Waals surface area contributed by atoms with Crippen LogP contribution in [0.25, 0.3) is 0 Å². The third-order valence-corrected chi connectivity index (χ3v) is 0. The third-order valence-electron chi connectivity index (χ3n) is 0. The maximum atomic E-state index is 2.08. The monoisotopic (exact) mass is 382 g/mol. The van der Waals surface area contributed by atoms with E-state index in [1.54, 1.807) is 0 Å². The minimum atomic E-state index is 0. The first-order valence-corrected chi connectivity index (χ1v) is 1.50. The zero-order valence-electron chi connectivity index (χ0n) is 4.19. The number of hydrogen-bond donors (Lipinski definition) is 1. The summed E-state index contributed by atoms with van der Waals surface area (Å²) in [5.41, 5.74) is 0. The van der Waals surface area contributed by atoms with Gasteiger partial charge >= 0.3 is 0 Å². The van der Waals surface area contributed by atoms with Gasteiger partial charge in [-0.15, -0.1) is 0 Å². The molecule has 1 nitrogen and oxygen atoms in total. The van der Waals surface area contributed by atoms with Crippen molar-refractivity contribution >= 4 is 0 Å². The summed E-state index contributed by atoms with van der Waals surface area (Å²) >= 11 is 0. The largest absolute Gasteiger partial charge is 1.00 e. The molecule has 0 atom stereocenters. The Hall–Kier alpha value is 1.38. The van der Waals surface area contributed by atoms with Gasteiger partial charge in [-0.25, -0.2) is 0 Å². The summed E-state index contributed by atoms with van der Waals surface area (Å²) < 4.78 is 0. The van der Waals surface area contributed by atoms with E-state index in [9.17, 15) is 0 Å². The van der Waals surface area contributed by atoms with Gasteiger partial charge in [0.25, 0.3) is 0 Å². The average Bonchev–Trinajstić information content (AvgIpc) is 0.811. The SMILES string of the molecule is C[NH+](C)C.[I-].[Pt]. The van der Waals surface area contributed by atoms with Crippen LogP contribution in [0.5, 0.6) is 0 Å². The Bertz CT molecular complexity index is 15.5. The first-order chi connectivity index (χ1) is 1.73. The quantitative estimate of drug-likeness (QED) is 0.405. The molecule has 0 rings (SSSR count). The molecule has 0 saturated carbocycles. The van der Waals surface area contributed by atoms with Gasteiger partial charge in [0.15, 0.2) is 0 Å². The van der Waals surface area contributed by atoms with Gasteiger partial charge < -0.3 is 28.9 Å². The second-order valence-electron chi connectivity index (χ2n) is 1.50. The van der Waals surface area contributed by atoms with Gasteiger partial charge in [0.2, 0.25) is 0 Å². The maximum Gasteiger partial charge on any atom is 0.0661 e. The van der Waals surface area contributed by atoms with Crippen molar-refractivity contribution in [2.75, 3.05) is 21.1 Å². The van der Waals surface area contributed by atoms with E-state index in [0.29, 0.717) is 0 Å². The predicted octanol–water partition coefficient (Wildman–Crippen LogP) is -4.24. The molecule has 1 N–H and O–H groups in total. The van der Waals surface area contributed by atoms with Gasteiger partial charge in [0.1, 0.15) is 0 Å². The minimum absolute atomic E-state index is 0. The van der Waals surface area contributed by atoms with Crippen LogP contribution in [-0.4, -0.2) is 21.1 Å². The van der Waals surface area contributed by atoms with E-state index >= 15 is 0 Å². The van der Waals surface area contributed by atoms with E-state index in [0.717, 1.165) is 0 Å². The van der Waals surface area contributed by atoms with Crippen LogP contribution >= 0.6 is 0 Å². The Balaban J connectivity index is -0.0000000450. The molecule has 0 unspecified atom stereocenters. The summed E-state index contributed by atoms with van der Waals surface area (Å²) in [7, 11) is 6.25. The van der Waals surface area contributed by atoms with Crippen molar-refractivity contribution in [1.29, 1.82) is 0 Å². The van der Waals surface area contributed by atoms with Crippen molar-refractivity contribution < 1.29 is 49.9 Å². The molecule has 0 heterocycles. The van der Waals surface area contributed by atoms with Crippen LogP contribution in [0.4, 0.5) is 0 Å². The Labute approximate surface area is 70.8 Å². The molecule has 3 heteroatoms. The summed E-state index contributed by atoms with van der Waals surface area (Å²) in [6.07, 6.45) is 0. The number of hydrogen-bond acceptors (Lipinski definition) is 0. The van der Waals surface area contributed by atoms with Crippen LogP contribution in [0, 0.1) is 0 Å². The van der Waals surface area contributed by atoms with Crippen molar-refractivity contribution in [2.45, 2.75) is 0 Å². The van der Waals surface area contributed by atoms with Crippen molar-refractivity contribution in [3.8, 4) is 0 Å². The van der Waals surface area contributed by atoms with Gasteiger partial charge in [0.05, 0.1) is 21.1 Å². The fourth-order valence-electron chi connectivity index (χ4n) is 0. The van der Waals surface area contributed by atoms with Crippen LogP contribution < -0.4 is 28.9 Å². The van der Waals surface area contributed by atoms with Gasteiger partial charge in [-0.1, -0.05) is 0 Å². The van der Waals surface area contributed by atoms with Crippen LogP contribution in [0.1, 0.15) is 0 Å². The number of halogens is 1. The molecule has 0 bridgehead atoms. The molecule has 0 aromatic carbocycles. The summed E-state index contributed by atoms with van der Waals surface area (Å²) in [6.45, 7) is 0. The molecule has 0 aromatic rings. The van der Waals surface area contributed by atoms with E-state index in [1.807, 2.05) is 0 Å². The van der Waals surface area contributed by atoms with Crippen LogP contribution in [-0.2, 0) is 21.1 Å². The number of nitrogens with one attached hydrogen (secondary N) is 1. The van der Waals surface area contributed by atoms with Crippen molar-refractivity contribution in [2.24, 2.45) is 0 Å². The van der Waals surface area contributed by atoms with Gasteiger partial charge in [-0.2, -0.15) is 0 Å². The topological polar surface area (TPSA) is 4.44 Å². The van der Waals surface area contributed by atoms with E-state index in [1.165, 1.54) is 4.90 Å². The summed E-state index contributed by atoms with van der Waals surface area (Å²) in [5, 5.41) is 0. The first-order valence-electron chi connectivity index (χ1n) is 1.50. The molecule has 0 aliphatic heterocycles. The number of quaternary nitrogens is 1. The number of rotatable bonds is 0. The van der Waals surface area contributed by atoms with Gasteiger partial charge in [0, 0.05) is 21.1 Å². The zero-order chi connectivity index (χ0) is 3.58. The van der Waals surface area contributed by atoms with E-state index in [2.05, 4.69) is 21.1 Å². The molecule has 0 saturated heterocycles. The molecular formula is C3H10INPt. The molecule has 0 aliphatic rings. The Morgan fingerprint density at radius 2 is 1.00 bits per heavy atom. The van der Waals surface area contributed by atoms with Crippen molar-refractivity contribution in [3.63, 3.8) is 0 Å². The van der Waals surface area contributed by atoms with Crippen LogP contribution in [0.15, 0.2) is 0 Å². The molecule has 6 heavy (non-hydrogen) atoms. The van der Waals surface area contributed by atoms with Gasteiger partial charge in [-0.05, 0) is 0 Å². The maximum absolute atomic E-state index is 2.08. The molecule has 0 aliphatic carbocycles. The van der Waals surface area contributed by atoms with Crippen LogP contribution in [0.2, 0.25) is 0 Å². The Morgan fingerprint density at radius 3 is 1.00 bits per heavy atom. The smallest absolute Gasteiger partial charge is 0.0661 e. The Kier molecular flexibility index (Phi) is 25.1. The summed E-state index contributed by atoms with van der Waals surface area (Å²) in [5.74, 6) is 0. The van der Waals surface area contributed by atoms with Gasteiger partial charge in [-0.3, -0.25) is 0 Å². The fourth-order valence-corrected chi connectivity index (χ4v) is 0. The second kappa shape index (κ2) is 9.62. The first kappa shape index (κ1) is 15.7. The molecule has 44 valence electrons. The fraction of sp³-hybridized carbons (Fsp3) is 1.00. The van der Waals surface area contributed by atoms with Crippen LogP contribution in [0.3, 0.4) is 0 Å². The van der Waals surface area contributed by atoms with E-state index in [4.69, 9.17) is 0 Å². The van der Waals surface area contributed by atoms with E-state index in [-0.39, 0.29) is 45.0 Å². The molecule has 0 fully saturated rings. The Morgan fingerprint density at radius 1 is 1.00 bits per heavy atom. The standard InChI is InChI=1S/C3H9N.HI.Pt/c1-4(2)3;;/h1-3H3;1H;. The predicted molar refractivity (Wildman–Crippen MR) is 18.7 cm³/mol. The minimum Gasteiger partial charge on any atom is -1.00 e. The zero-order valence-corrected chi connectivity index (χ0v) is 8.62. The molecule has 0 amide bonds. The van der Waals surface area contributed by atoms with Crippen molar-refractivity contribution in [3.05, 3.63) is 0 Å². The summed E-state index contributed by atoms with van der Waals surface area (Å²) in [6, 6.07) is 0. The molecular weight excluding hydrogens is 372 g/mol.